The van der Waals surface area contributed by atoms with Crippen molar-refractivity contribution in [2.45, 2.75) is 45.1 Å². The molecule has 1 rings (SSSR count). The van der Waals surface area contributed by atoms with Gasteiger partial charge < -0.3 is 20.1 Å². The minimum atomic E-state index is -0.753. The van der Waals surface area contributed by atoms with E-state index in [1.165, 1.54) is 0 Å². The molecule has 1 fully saturated rings. The largest absolute Gasteiger partial charge is 0.480 e. The Hall–Kier alpha value is -0.650. The van der Waals surface area contributed by atoms with Gasteiger partial charge in [0.1, 0.15) is 5.54 Å². The lowest BCUT2D eigenvalue weighted by atomic mass is 9.90. The van der Waals surface area contributed by atoms with Gasteiger partial charge in [-0.25, -0.2) is 0 Å². The zero-order chi connectivity index (χ0) is 14.1. The lowest BCUT2D eigenvalue weighted by Gasteiger charge is -2.30. The van der Waals surface area contributed by atoms with Gasteiger partial charge in [0, 0.05) is 19.7 Å². The maximum atomic E-state index is 11.5. The highest BCUT2D eigenvalue weighted by Gasteiger charge is 2.35. The van der Waals surface area contributed by atoms with E-state index in [1.807, 2.05) is 13.8 Å². The van der Waals surface area contributed by atoms with Crippen LogP contribution in [0.3, 0.4) is 0 Å². The van der Waals surface area contributed by atoms with Crippen molar-refractivity contribution in [3.05, 3.63) is 0 Å². The number of nitrogens with zero attached hydrogens (tertiary/aromatic N) is 1. The SMILES string of the molecule is CCNC(CC)(CCCN1CCCOCC1)C(=O)O. The number of rotatable bonds is 8. The van der Waals surface area contributed by atoms with Crippen LogP contribution in [0.5, 0.6) is 0 Å². The lowest BCUT2D eigenvalue weighted by molar-refractivity contribution is -0.145. The van der Waals surface area contributed by atoms with Gasteiger partial charge in [-0.2, -0.15) is 0 Å². The fourth-order valence-corrected chi connectivity index (χ4v) is 2.69. The van der Waals surface area contributed by atoms with E-state index >= 15 is 0 Å². The first-order valence-electron chi connectivity index (χ1n) is 7.43. The number of carbonyl (C=O) groups is 1. The second-order valence-electron chi connectivity index (χ2n) is 5.18. The molecule has 0 spiro atoms. The fourth-order valence-electron chi connectivity index (χ4n) is 2.69. The quantitative estimate of drug-likeness (QED) is 0.698. The van der Waals surface area contributed by atoms with Crippen molar-refractivity contribution in [3.63, 3.8) is 0 Å². The van der Waals surface area contributed by atoms with Crippen molar-refractivity contribution in [1.29, 1.82) is 0 Å². The Labute approximate surface area is 116 Å². The molecule has 1 aliphatic rings. The highest BCUT2D eigenvalue weighted by Crippen LogP contribution is 2.18. The van der Waals surface area contributed by atoms with E-state index in [0.29, 0.717) is 19.4 Å². The van der Waals surface area contributed by atoms with Crippen LogP contribution in [0.4, 0.5) is 0 Å². The van der Waals surface area contributed by atoms with Crippen molar-refractivity contribution in [2.24, 2.45) is 0 Å². The number of carboxylic acid groups (broad SMARTS) is 1. The van der Waals surface area contributed by atoms with Crippen LogP contribution < -0.4 is 5.32 Å². The number of hydrogen-bond acceptors (Lipinski definition) is 4. The summed E-state index contributed by atoms with van der Waals surface area (Å²) in [6.45, 7) is 9.23. The van der Waals surface area contributed by atoms with E-state index in [2.05, 4.69) is 10.2 Å². The second kappa shape index (κ2) is 8.51. The molecule has 5 heteroatoms. The average molecular weight is 272 g/mol. The van der Waals surface area contributed by atoms with Gasteiger partial charge in [0.25, 0.3) is 0 Å². The average Bonchev–Trinajstić information content (AvgIpc) is 2.66. The summed E-state index contributed by atoms with van der Waals surface area (Å²) in [5, 5.41) is 12.6. The fraction of sp³-hybridized carbons (Fsp3) is 0.929. The van der Waals surface area contributed by atoms with E-state index < -0.39 is 11.5 Å². The predicted molar refractivity (Wildman–Crippen MR) is 75.4 cm³/mol. The summed E-state index contributed by atoms with van der Waals surface area (Å²) in [5.74, 6) is -0.726. The van der Waals surface area contributed by atoms with Gasteiger partial charge >= 0.3 is 5.97 Å². The summed E-state index contributed by atoms with van der Waals surface area (Å²) in [6, 6.07) is 0. The van der Waals surface area contributed by atoms with Crippen LogP contribution in [0.1, 0.15) is 39.5 Å². The molecule has 19 heavy (non-hydrogen) atoms. The molecule has 0 aromatic rings. The van der Waals surface area contributed by atoms with Crippen LogP contribution in [0.15, 0.2) is 0 Å². The molecule has 0 radical (unpaired) electrons. The molecule has 2 N–H and O–H groups in total. The predicted octanol–water partition coefficient (Wildman–Crippen LogP) is 1.33. The first kappa shape index (κ1) is 16.4. The van der Waals surface area contributed by atoms with Gasteiger partial charge in [-0.15, -0.1) is 0 Å². The highest BCUT2D eigenvalue weighted by molar-refractivity contribution is 5.78. The van der Waals surface area contributed by atoms with Crippen LogP contribution >= 0.6 is 0 Å². The third kappa shape index (κ3) is 5.09. The third-order valence-corrected chi connectivity index (χ3v) is 3.92. The lowest BCUT2D eigenvalue weighted by Crippen LogP contribution is -2.52. The maximum absolute atomic E-state index is 11.5. The van der Waals surface area contributed by atoms with E-state index in [0.717, 1.165) is 45.7 Å². The summed E-state index contributed by atoms with van der Waals surface area (Å²) >= 11 is 0. The summed E-state index contributed by atoms with van der Waals surface area (Å²) in [7, 11) is 0. The number of nitrogens with one attached hydrogen (secondary N) is 1. The van der Waals surface area contributed by atoms with Crippen molar-refractivity contribution >= 4 is 5.97 Å². The Morgan fingerprint density at radius 2 is 2.16 bits per heavy atom. The summed E-state index contributed by atoms with van der Waals surface area (Å²) in [6.07, 6.45) is 3.29. The standard InChI is InChI=1S/C14H28N2O3/c1-3-14(13(17)18,15-4-2)7-5-8-16-9-6-11-19-12-10-16/h15H,3-12H2,1-2H3,(H,17,18). The van der Waals surface area contributed by atoms with Gasteiger partial charge in [0.15, 0.2) is 0 Å². The van der Waals surface area contributed by atoms with Crippen LogP contribution in [0, 0.1) is 0 Å². The summed E-state index contributed by atoms with van der Waals surface area (Å²) < 4.78 is 5.42. The monoisotopic (exact) mass is 272 g/mol. The number of aliphatic carboxylic acids is 1. The smallest absolute Gasteiger partial charge is 0.323 e. The minimum Gasteiger partial charge on any atom is -0.480 e. The van der Waals surface area contributed by atoms with Gasteiger partial charge in [-0.1, -0.05) is 13.8 Å². The van der Waals surface area contributed by atoms with Crippen LogP contribution in [0.2, 0.25) is 0 Å². The Morgan fingerprint density at radius 3 is 2.79 bits per heavy atom. The van der Waals surface area contributed by atoms with E-state index in [4.69, 9.17) is 4.74 Å². The zero-order valence-corrected chi connectivity index (χ0v) is 12.3. The van der Waals surface area contributed by atoms with E-state index in [1.54, 1.807) is 0 Å². The molecule has 1 aliphatic heterocycles. The first-order valence-corrected chi connectivity index (χ1v) is 7.43. The molecule has 112 valence electrons. The second-order valence-corrected chi connectivity index (χ2v) is 5.18. The summed E-state index contributed by atoms with van der Waals surface area (Å²) in [5.41, 5.74) is -0.753. The molecular weight excluding hydrogens is 244 g/mol. The normalized spacial score (nSPS) is 20.7. The van der Waals surface area contributed by atoms with Crippen molar-refractivity contribution < 1.29 is 14.6 Å². The van der Waals surface area contributed by atoms with Crippen molar-refractivity contribution in [1.82, 2.24) is 10.2 Å². The molecule has 1 saturated heterocycles. The molecule has 0 aromatic heterocycles. The molecule has 0 aliphatic carbocycles. The number of likely N-dealkylation sites (N-methyl/N-ethyl adjacent to an activating group) is 1. The number of carboxylic acids is 1. The highest BCUT2D eigenvalue weighted by atomic mass is 16.5. The molecule has 1 atom stereocenters. The molecule has 0 aromatic carbocycles. The molecule has 1 unspecified atom stereocenters. The Bertz CT molecular complexity index is 265. The van der Waals surface area contributed by atoms with Gasteiger partial charge in [0.2, 0.25) is 0 Å². The van der Waals surface area contributed by atoms with Crippen molar-refractivity contribution in [2.75, 3.05) is 39.4 Å². The molecule has 5 nitrogen and oxygen atoms in total. The van der Waals surface area contributed by atoms with Gasteiger partial charge in [0.05, 0.1) is 6.61 Å². The number of ether oxygens (including phenoxy) is 1. The van der Waals surface area contributed by atoms with Gasteiger partial charge in [-0.3, -0.25) is 4.79 Å². The molecule has 0 bridgehead atoms. The Balaban J connectivity index is 2.40. The van der Waals surface area contributed by atoms with Crippen molar-refractivity contribution in [3.8, 4) is 0 Å². The molecule has 1 heterocycles. The minimum absolute atomic E-state index is 0.624. The zero-order valence-electron chi connectivity index (χ0n) is 12.3. The summed E-state index contributed by atoms with van der Waals surface area (Å²) in [4.78, 5) is 13.9. The molecular formula is C14H28N2O3. The van der Waals surface area contributed by atoms with Crippen LogP contribution in [-0.2, 0) is 9.53 Å². The van der Waals surface area contributed by atoms with Crippen LogP contribution in [0.25, 0.3) is 0 Å². The molecule has 0 saturated carbocycles. The van der Waals surface area contributed by atoms with E-state index in [9.17, 15) is 9.90 Å². The Morgan fingerprint density at radius 1 is 1.37 bits per heavy atom. The topological polar surface area (TPSA) is 61.8 Å². The number of hydrogen-bond donors (Lipinski definition) is 2. The first-order chi connectivity index (χ1) is 9.14. The Kier molecular flexibility index (Phi) is 7.34. The van der Waals surface area contributed by atoms with Crippen LogP contribution in [-0.4, -0.2) is 60.9 Å². The maximum Gasteiger partial charge on any atom is 0.323 e. The third-order valence-electron chi connectivity index (χ3n) is 3.92. The van der Waals surface area contributed by atoms with Gasteiger partial charge in [-0.05, 0) is 38.8 Å². The molecule has 0 amide bonds. The van der Waals surface area contributed by atoms with E-state index in [-0.39, 0.29) is 0 Å².